The second kappa shape index (κ2) is 4.62. The van der Waals surface area contributed by atoms with Crippen LogP contribution < -0.4 is 5.01 Å². The fourth-order valence-corrected chi connectivity index (χ4v) is 2.33. The fourth-order valence-electron chi connectivity index (χ4n) is 2.33. The van der Waals surface area contributed by atoms with Crippen LogP contribution in [0.15, 0.2) is 42.9 Å². The highest BCUT2D eigenvalue weighted by Gasteiger charge is 2.11. The molecule has 1 aromatic carbocycles. The average Bonchev–Trinajstić information content (AvgIpc) is 2.90. The Hall–Kier alpha value is -1.77. The predicted molar refractivity (Wildman–Crippen MR) is 69.5 cm³/mol. The summed E-state index contributed by atoms with van der Waals surface area (Å²) >= 11 is 0. The molecule has 0 unspecified atom stereocenters. The quantitative estimate of drug-likeness (QED) is 0.786. The molecule has 0 bridgehead atoms. The van der Waals surface area contributed by atoms with E-state index in [0.29, 0.717) is 0 Å². The van der Waals surface area contributed by atoms with Crippen molar-refractivity contribution in [3.05, 3.63) is 42.9 Å². The summed E-state index contributed by atoms with van der Waals surface area (Å²) in [6, 6.07) is 10.3. The van der Waals surface area contributed by atoms with Crippen LogP contribution in [0.25, 0.3) is 11.3 Å². The van der Waals surface area contributed by atoms with E-state index in [1.807, 2.05) is 12.4 Å². The van der Waals surface area contributed by atoms with Crippen molar-refractivity contribution < 1.29 is 0 Å². The highest BCUT2D eigenvalue weighted by molar-refractivity contribution is 5.57. The normalized spacial score (nSPS) is 16.1. The molecule has 1 aromatic heterocycles. The summed E-state index contributed by atoms with van der Waals surface area (Å²) < 4.78 is 2.14. The van der Waals surface area contributed by atoms with Gasteiger partial charge in [0.2, 0.25) is 0 Å². The molecule has 88 valence electrons. The Morgan fingerprint density at radius 3 is 2.47 bits per heavy atom. The Labute approximate surface area is 102 Å². The summed E-state index contributed by atoms with van der Waals surface area (Å²) in [6.07, 6.45) is 7.99. The van der Waals surface area contributed by atoms with Crippen LogP contribution in [0, 0.1) is 0 Å². The molecule has 17 heavy (non-hydrogen) atoms. The molecule has 1 aliphatic rings. The van der Waals surface area contributed by atoms with Gasteiger partial charge in [-0.3, -0.25) is 4.68 Å². The van der Waals surface area contributed by atoms with E-state index in [1.54, 1.807) is 0 Å². The minimum absolute atomic E-state index is 1.05. The van der Waals surface area contributed by atoms with E-state index in [4.69, 9.17) is 0 Å². The first-order chi connectivity index (χ1) is 8.43. The molecular weight excluding hydrogens is 210 g/mol. The first-order valence-electron chi connectivity index (χ1n) is 6.28. The topological polar surface area (TPSA) is 21.1 Å². The molecule has 0 radical (unpaired) electrons. The minimum atomic E-state index is 1.05. The van der Waals surface area contributed by atoms with Crippen LogP contribution in [0.2, 0.25) is 0 Å². The number of rotatable bonds is 2. The lowest BCUT2D eigenvalue weighted by Crippen LogP contribution is -2.38. The van der Waals surface area contributed by atoms with Gasteiger partial charge in [0.1, 0.15) is 6.33 Å². The molecule has 0 aliphatic carbocycles. The van der Waals surface area contributed by atoms with E-state index < -0.39 is 0 Å². The summed E-state index contributed by atoms with van der Waals surface area (Å²) in [4.78, 5) is 4.48. The maximum atomic E-state index is 4.48. The Kier molecular flexibility index (Phi) is 2.82. The third-order valence-electron chi connectivity index (χ3n) is 3.30. The Balaban J connectivity index is 1.83. The molecule has 1 saturated heterocycles. The fraction of sp³-hybridized carbons (Fsp3) is 0.357. The van der Waals surface area contributed by atoms with Crippen molar-refractivity contribution in [2.24, 2.45) is 0 Å². The van der Waals surface area contributed by atoms with Crippen LogP contribution in [0.4, 0.5) is 0 Å². The molecule has 3 nitrogen and oxygen atoms in total. The smallest absolute Gasteiger partial charge is 0.115 e. The van der Waals surface area contributed by atoms with Crippen LogP contribution in [-0.2, 0) is 0 Å². The lowest BCUT2D eigenvalue weighted by atomic mass is 10.2. The van der Waals surface area contributed by atoms with Crippen molar-refractivity contribution in [2.45, 2.75) is 19.3 Å². The zero-order chi connectivity index (χ0) is 11.5. The van der Waals surface area contributed by atoms with Crippen LogP contribution in [0.1, 0.15) is 19.3 Å². The van der Waals surface area contributed by atoms with E-state index in [1.165, 1.54) is 24.8 Å². The molecule has 0 saturated carbocycles. The third kappa shape index (κ3) is 2.18. The first kappa shape index (κ1) is 10.4. The number of benzene rings is 1. The van der Waals surface area contributed by atoms with Gasteiger partial charge in [-0.15, -0.1) is 0 Å². The Bertz CT molecular complexity index is 469. The lowest BCUT2D eigenvalue weighted by molar-refractivity contribution is 0.478. The lowest BCUT2D eigenvalue weighted by Gasteiger charge is -2.28. The van der Waals surface area contributed by atoms with Crippen LogP contribution >= 0.6 is 0 Å². The SMILES string of the molecule is c1ccc(-c2cn(N3CCCCC3)cn2)cc1. The number of piperidine rings is 1. The van der Waals surface area contributed by atoms with E-state index >= 15 is 0 Å². The largest absolute Gasteiger partial charge is 0.312 e. The second-order valence-electron chi connectivity index (χ2n) is 4.52. The molecule has 0 N–H and O–H groups in total. The summed E-state index contributed by atoms with van der Waals surface area (Å²) in [7, 11) is 0. The monoisotopic (exact) mass is 227 g/mol. The first-order valence-corrected chi connectivity index (χ1v) is 6.28. The van der Waals surface area contributed by atoms with Gasteiger partial charge < -0.3 is 5.01 Å². The number of nitrogens with zero attached hydrogens (tertiary/aromatic N) is 3. The number of aromatic nitrogens is 2. The van der Waals surface area contributed by atoms with Crippen molar-refractivity contribution >= 4 is 0 Å². The van der Waals surface area contributed by atoms with Crippen molar-refractivity contribution in [2.75, 3.05) is 18.1 Å². The Morgan fingerprint density at radius 1 is 0.941 bits per heavy atom. The van der Waals surface area contributed by atoms with Gasteiger partial charge in [-0.2, -0.15) is 0 Å². The van der Waals surface area contributed by atoms with Crippen LogP contribution in [-0.4, -0.2) is 22.7 Å². The second-order valence-corrected chi connectivity index (χ2v) is 4.52. The molecule has 0 atom stereocenters. The van der Waals surface area contributed by atoms with Gasteiger partial charge in [0, 0.05) is 18.7 Å². The van der Waals surface area contributed by atoms with E-state index in [0.717, 1.165) is 18.8 Å². The van der Waals surface area contributed by atoms with Gasteiger partial charge in [0.25, 0.3) is 0 Å². The summed E-state index contributed by atoms with van der Waals surface area (Å²) in [5.74, 6) is 0. The van der Waals surface area contributed by atoms with Crippen LogP contribution in [0.5, 0.6) is 0 Å². The third-order valence-corrected chi connectivity index (χ3v) is 3.30. The van der Waals surface area contributed by atoms with Gasteiger partial charge in [-0.05, 0) is 19.3 Å². The standard InChI is InChI=1S/C14H17N3/c1-3-7-13(8-4-1)14-11-17(12-15-14)16-9-5-2-6-10-16/h1,3-4,7-8,11-12H,2,5-6,9-10H2. The molecule has 1 fully saturated rings. The van der Waals surface area contributed by atoms with Gasteiger partial charge in [0.05, 0.1) is 11.9 Å². The van der Waals surface area contributed by atoms with Gasteiger partial charge in [-0.1, -0.05) is 30.3 Å². The maximum Gasteiger partial charge on any atom is 0.115 e. The number of imidazole rings is 1. The molecular formula is C14H17N3. The molecule has 1 aliphatic heterocycles. The highest BCUT2D eigenvalue weighted by atomic mass is 15.5. The number of hydrogen-bond acceptors (Lipinski definition) is 2. The van der Waals surface area contributed by atoms with E-state index in [2.05, 4.69) is 45.1 Å². The highest BCUT2D eigenvalue weighted by Crippen LogP contribution is 2.17. The molecule has 2 heterocycles. The number of hydrogen-bond donors (Lipinski definition) is 0. The minimum Gasteiger partial charge on any atom is -0.312 e. The molecule has 0 spiro atoms. The molecule has 0 amide bonds. The van der Waals surface area contributed by atoms with E-state index in [9.17, 15) is 0 Å². The molecule has 2 aromatic rings. The maximum absolute atomic E-state index is 4.48. The van der Waals surface area contributed by atoms with Gasteiger partial charge in [-0.25, -0.2) is 4.98 Å². The Morgan fingerprint density at radius 2 is 1.71 bits per heavy atom. The van der Waals surface area contributed by atoms with Crippen molar-refractivity contribution in [3.8, 4) is 11.3 Å². The van der Waals surface area contributed by atoms with Crippen molar-refractivity contribution in [3.63, 3.8) is 0 Å². The molecule has 3 rings (SSSR count). The summed E-state index contributed by atoms with van der Waals surface area (Å²) in [5.41, 5.74) is 2.24. The predicted octanol–water partition coefficient (Wildman–Crippen LogP) is 2.67. The van der Waals surface area contributed by atoms with E-state index in [-0.39, 0.29) is 0 Å². The zero-order valence-corrected chi connectivity index (χ0v) is 9.92. The van der Waals surface area contributed by atoms with Gasteiger partial charge >= 0.3 is 0 Å². The van der Waals surface area contributed by atoms with Crippen LogP contribution in [0.3, 0.4) is 0 Å². The molecule has 3 heteroatoms. The summed E-state index contributed by atoms with van der Waals surface area (Å²) in [5, 5.41) is 2.36. The summed E-state index contributed by atoms with van der Waals surface area (Å²) in [6.45, 7) is 2.29. The van der Waals surface area contributed by atoms with Crippen molar-refractivity contribution in [1.82, 2.24) is 9.66 Å². The van der Waals surface area contributed by atoms with Gasteiger partial charge in [0.15, 0.2) is 0 Å². The van der Waals surface area contributed by atoms with Crippen molar-refractivity contribution in [1.29, 1.82) is 0 Å². The zero-order valence-electron chi connectivity index (χ0n) is 9.92. The average molecular weight is 227 g/mol.